The van der Waals surface area contributed by atoms with Gasteiger partial charge in [0.1, 0.15) is 0 Å². The topological polar surface area (TPSA) is 88.8 Å². The van der Waals surface area contributed by atoms with Crippen LogP contribution in [0.1, 0.15) is 18.5 Å². The molecule has 0 saturated heterocycles. The molecule has 5 nitrogen and oxygen atoms in total. The molecular weight excluding hydrogens is 206 g/mol. The van der Waals surface area contributed by atoms with E-state index in [0.717, 1.165) is 12.1 Å². The van der Waals surface area contributed by atoms with Crippen molar-refractivity contribution in [1.82, 2.24) is 5.32 Å². The summed E-state index contributed by atoms with van der Waals surface area (Å²) in [6.07, 6.45) is 0. The van der Waals surface area contributed by atoms with Crippen LogP contribution >= 0.6 is 0 Å². The minimum atomic E-state index is -0.824. The quantitative estimate of drug-likeness (QED) is 0.641. The molecule has 5 N–H and O–H groups in total. The van der Waals surface area contributed by atoms with Crippen LogP contribution in [0, 0.1) is 0 Å². The molecule has 1 rings (SSSR count). The van der Waals surface area contributed by atoms with Gasteiger partial charge in [-0.2, -0.15) is 0 Å². The van der Waals surface area contributed by atoms with Gasteiger partial charge in [-0.1, -0.05) is 30.3 Å². The molecule has 0 aliphatic heterocycles. The van der Waals surface area contributed by atoms with Gasteiger partial charge in [0, 0.05) is 5.56 Å². The molecule has 5 heteroatoms. The predicted octanol–water partition coefficient (Wildman–Crippen LogP) is -0.494. The SMILES string of the molecule is CC[NH2+][C@@H](C(=O)NC(N)=O)c1ccccc1. The zero-order valence-electron chi connectivity index (χ0n) is 9.14. The fourth-order valence-corrected chi connectivity index (χ4v) is 1.49. The van der Waals surface area contributed by atoms with Crippen LogP contribution in [0.3, 0.4) is 0 Å². The Balaban J connectivity index is 2.82. The Morgan fingerprint density at radius 3 is 2.50 bits per heavy atom. The van der Waals surface area contributed by atoms with Crippen molar-refractivity contribution in [2.45, 2.75) is 13.0 Å². The van der Waals surface area contributed by atoms with Crippen molar-refractivity contribution in [3.05, 3.63) is 35.9 Å². The molecule has 0 bridgehead atoms. The van der Waals surface area contributed by atoms with Crippen LogP contribution < -0.4 is 16.4 Å². The second-order valence-corrected chi connectivity index (χ2v) is 3.39. The highest BCUT2D eigenvalue weighted by molar-refractivity contribution is 5.96. The van der Waals surface area contributed by atoms with Crippen molar-refractivity contribution in [2.24, 2.45) is 5.73 Å². The molecule has 0 aliphatic rings. The first-order valence-electron chi connectivity index (χ1n) is 5.13. The van der Waals surface area contributed by atoms with Crippen molar-refractivity contribution in [3.63, 3.8) is 0 Å². The van der Waals surface area contributed by atoms with Gasteiger partial charge in [0.15, 0.2) is 6.04 Å². The lowest BCUT2D eigenvalue weighted by Crippen LogP contribution is -2.87. The summed E-state index contributed by atoms with van der Waals surface area (Å²) in [5.41, 5.74) is 5.77. The molecule has 0 heterocycles. The molecule has 1 atom stereocenters. The number of benzene rings is 1. The average Bonchev–Trinajstić information content (AvgIpc) is 2.26. The van der Waals surface area contributed by atoms with Crippen LogP contribution in [0.5, 0.6) is 0 Å². The molecule has 16 heavy (non-hydrogen) atoms. The van der Waals surface area contributed by atoms with E-state index in [4.69, 9.17) is 5.73 Å². The van der Waals surface area contributed by atoms with Crippen molar-refractivity contribution < 1.29 is 14.9 Å². The largest absolute Gasteiger partial charge is 0.351 e. The highest BCUT2D eigenvalue weighted by Gasteiger charge is 2.23. The molecule has 0 spiro atoms. The van der Waals surface area contributed by atoms with Crippen LogP contribution in [0.4, 0.5) is 4.79 Å². The van der Waals surface area contributed by atoms with Crippen LogP contribution in [-0.2, 0) is 4.79 Å². The van der Waals surface area contributed by atoms with E-state index in [9.17, 15) is 9.59 Å². The summed E-state index contributed by atoms with van der Waals surface area (Å²) in [5.74, 6) is -0.388. The number of nitrogens with two attached hydrogens (primary N) is 2. The second kappa shape index (κ2) is 5.87. The number of amides is 3. The molecule has 0 radical (unpaired) electrons. The van der Waals surface area contributed by atoms with Gasteiger partial charge >= 0.3 is 6.03 Å². The number of primary amides is 1. The third-order valence-corrected chi connectivity index (χ3v) is 2.16. The van der Waals surface area contributed by atoms with E-state index in [2.05, 4.69) is 5.32 Å². The maximum atomic E-state index is 11.7. The van der Waals surface area contributed by atoms with Gasteiger partial charge < -0.3 is 11.1 Å². The highest BCUT2D eigenvalue weighted by atomic mass is 16.2. The molecule has 0 saturated carbocycles. The van der Waals surface area contributed by atoms with Crippen molar-refractivity contribution in [3.8, 4) is 0 Å². The second-order valence-electron chi connectivity index (χ2n) is 3.39. The lowest BCUT2D eigenvalue weighted by molar-refractivity contribution is -0.680. The molecule has 0 unspecified atom stereocenters. The number of nitrogens with one attached hydrogen (secondary N) is 1. The minimum absolute atomic E-state index is 0.388. The average molecular weight is 222 g/mol. The number of likely N-dealkylation sites (N-methyl/N-ethyl adjacent to an activating group) is 1. The number of urea groups is 1. The molecule has 1 aromatic carbocycles. The lowest BCUT2D eigenvalue weighted by atomic mass is 10.1. The first-order chi connectivity index (χ1) is 7.65. The van der Waals surface area contributed by atoms with E-state index in [1.807, 2.05) is 42.6 Å². The van der Waals surface area contributed by atoms with Crippen molar-refractivity contribution >= 4 is 11.9 Å². The monoisotopic (exact) mass is 222 g/mol. The number of rotatable bonds is 4. The van der Waals surface area contributed by atoms with Crippen LogP contribution in [0.2, 0.25) is 0 Å². The summed E-state index contributed by atoms with van der Waals surface area (Å²) in [4.78, 5) is 22.3. The van der Waals surface area contributed by atoms with E-state index in [0.29, 0.717) is 0 Å². The van der Waals surface area contributed by atoms with Gasteiger partial charge in [0.2, 0.25) is 0 Å². The molecule has 1 aromatic rings. The Bertz CT molecular complexity index is 365. The Kier molecular flexibility index (Phi) is 4.47. The summed E-state index contributed by atoms with van der Waals surface area (Å²) in [7, 11) is 0. The molecular formula is C11H16N3O2+. The van der Waals surface area contributed by atoms with Gasteiger partial charge in [-0.15, -0.1) is 0 Å². The van der Waals surface area contributed by atoms with Crippen molar-refractivity contribution in [1.29, 1.82) is 0 Å². The summed E-state index contributed by atoms with van der Waals surface area (Å²) >= 11 is 0. The van der Waals surface area contributed by atoms with E-state index < -0.39 is 12.1 Å². The Labute approximate surface area is 94.0 Å². The van der Waals surface area contributed by atoms with E-state index in [1.165, 1.54) is 0 Å². The minimum Gasteiger partial charge on any atom is -0.351 e. The normalized spacial score (nSPS) is 11.8. The maximum absolute atomic E-state index is 11.7. The summed E-state index contributed by atoms with van der Waals surface area (Å²) < 4.78 is 0. The van der Waals surface area contributed by atoms with Gasteiger partial charge in [-0.3, -0.25) is 10.1 Å². The van der Waals surface area contributed by atoms with E-state index in [1.54, 1.807) is 0 Å². The molecule has 86 valence electrons. The fourth-order valence-electron chi connectivity index (χ4n) is 1.49. The highest BCUT2D eigenvalue weighted by Crippen LogP contribution is 2.07. The maximum Gasteiger partial charge on any atom is 0.319 e. The van der Waals surface area contributed by atoms with Crippen LogP contribution in [0.25, 0.3) is 0 Å². The Morgan fingerprint density at radius 1 is 1.38 bits per heavy atom. The van der Waals surface area contributed by atoms with Gasteiger partial charge in [0.25, 0.3) is 5.91 Å². The predicted molar refractivity (Wildman–Crippen MR) is 59.4 cm³/mol. The van der Waals surface area contributed by atoms with Gasteiger partial charge in [-0.25, -0.2) is 4.79 Å². The number of hydrogen-bond donors (Lipinski definition) is 3. The zero-order chi connectivity index (χ0) is 12.0. The van der Waals surface area contributed by atoms with Gasteiger partial charge in [-0.05, 0) is 6.92 Å². The summed E-state index contributed by atoms with van der Waals surface area (Å²) in [5, 5.41) is 3.94. The number of imide groups is 1. The third kappa shape index (κ3) is 3.36. The molecule has 0 aliphatic carbocycles. The Morgan fingerprint density at radius 2 is 2.00 bits per heavy atom. The standard InChI is InChI=1S/C11H15N3O2/c1-2-13-9(10(15)14-11(12)16)8-6-4-3-5-7-8/h3-7,9,13H,2H2,1H3,(H3,12,14,15,16)/p+1/t9-/m1/s1. The first kappa shape index (κ1) is 12.2. The van der Waals surface area contributed by atoms with E-state index >= 15 is 0 Å². The molecule has 0 fully saturated rings. The smallest absolute Gasteiger partial charge is 0.319 e. The van der Waals surface area contributed by atoms with Gasteiger partial charge in [0.05, 0.1) is 6.54 Å². The van der Waals surface area contributed by atoms with E-state index in [-0.39, 0.29) is 5.91 Å². The Hall–Kier alpha value is -1.88. The number of hydrogen-bond acceptors (Lipinski definition) is 2. The first-order valence-corrected chi connectivity index (χ1v) is 5.13. The number of carbonyl (C=O) groups is 2. The van der Waals surface area contributed by atoms with Crippen LogP contribution in [-0.4, -0.2) is 18.5 Å². The third-order valence-electron chi connectivity index (χ3n) is 2.16. The zero-order valence-corrected chi connectivity index (χ0v) is 9.14. The van der Waals surface area contributed by atoms with Crippen molar-refractivity contribution in [2.75, 3.05) is 6.54 Å². The summed E-state index contributed by atoms with van der Waals surface area (Å²) in [6, 6.07) is 8.01. The summed E-state index contributed by atoms with van der Waals surface area (Å²) in [6.45, 7) is 2.68. The van der Waals surface area contributed by atoms with Crippen LogP contribution in [0.15, 0.2) is 30.3 Å². The number of carbonyl (C=O) groups excluding carboxylic acids is 2. The molecule has 0 aromatic heterocycles. The fraction of sp³-hybridized carbons (Fsp3) is 0.273. The lowest BCUT2D eigenvalue weighted by Gasteiger charge is -2.13. The molecule has 3 amide bonds. The number of quaternary nitrogens is 1.